The Bertz CT molecular complexity index is 199. The Morgan fingerprint density at radius 1 is 1.08 bits per heavy atom. The molecular weight excluding hydrogens is 228 g/mol. The first-order valence-corrected chi connectivity index (χ1v) is 3.39. The standard InChI is InChI=1S/C5H6S.3CO.Cr/c1-5-3-2-4-6-5;3*1-2;/h2-4H,1H3;;;;. The minimum absolute atomic E-state index is 0. The van der Waals surface area contributed by atoms with E-state index in [9.17, 15) is 0 Å². The number of hydrogen-bond donors (Lipinski definition) is 0. The van der Waals surface area contributed by atoms with E-state index < -0.39 is 0 Å². The van der Waals surface area contributed by atoms with Crippen molar-refractivity contribution in [3.05, 3.63) is 42.3 Å². The SMILES string of the molecule is Cc1cccs1.[C-]#[O+].[C-]#[O+].[C-]#[O+].[Cr]. The van der Waals surface area contributed by atoms with Crippen molar-refractivity contribution in [2.24, 2.45) is 0 Å². The molecule has 0 saturated heterocycles. The van der Waals surface area contributed by atoms with Crippen molar-refractivity contribution in [3.63, 3.8) is 0 Å². The molecule has 5 heteroatoms. The van der Waals surface area contributed by atoms with Gasteiger partial charge in [0, 0.05) is 22.2 Å². The van der Waals surface area contributed by atoms with Crippen LogP contribution in [0.4, 0.5) is 0 Å². The van der Waals surface area contributed by atoms with Gasteiger partial charge in [-0.05, 0) is 18.4 Å². The summed E-state index contributed by atoms with van der Waals surface area (Å²) < 4.78 is 22.5. The van der Waals surface area contributed by atoms with Crippen molar-refractivity contribution in [3.8, 4) is 0 Å². The molecule has 0 unspecified atom stereocenters. The number of rotatable bonds is 0. The van der Waals surface area contributed by atoms with Gasteiger partial charge in [0.25, 0.3) is 0 Å². The molecule has 0 N–H and O–H groups in total. The van der Waals surface area contributed by atoms with Crippen molar-refractivity contribution >= 4 is 11.3 Å². The van der Waals surface area contributed by atoms with Crippen LogP contribution in [0, 0.1) is 26.9 Å². The van der Waals surface area contributed by atoms with Crippen LogP contribution in [-0.4, -0.2) is 0 Å². The smallest absolute Gasteiger partial charge is 0 e. The Hall–Kier alpha value is -0.548. The monoisotopic (exact) mass is 234 g/mol. The average molecular weight is 234 g/mol. The fourth-order valence-electron chi connectivity index (χ4n) is 0.361. The van der Waals surface area contributed by atoms with Crippen LogP contribution in [-0.2, 0) is 31.3 Å². The third kappa shape index (κ3) is 24.6. The van der Waals surface area contributed by atoms with E-state index in [1.807, 2.05) is 0 Å². The molecule has 3 nitrogen and oxygen atoms in total. The zero-order valence-corrected chi connectivity index (χ0v) is 8.86. The van der Waals surface area contributed by atoms with Crippen molar-refractivity contribution in [2.45, 2.75) is 6.92 Å². The van der Waals surface area contributed by atoms with Gasteiger partial charge in [-0.15, -0.1) is 11.3 Å². The molecule has 0 amide bonds. The first-order valence-electron chi connectivity index (χ1n) is 2.51. The minimum atomic E-state index is 0. The molecule has 0 aliphatic carbocycles. The van der Waals surface area contributed by atoms with Crippen molar-refractivity contribution in [1.29, 1.82) is 0 Å². The van der Waals surface area contributed by atoms with Gasteiger partial charge in [0.1, 0.15) is 0 Å². The van der Waals surface area contributed by atoms with E-state index in [1.165, 1.54) is 4.88 Å². The summed E-state index contributed by atoms with van der Waals surface area (Å²) in [5.41, 5.74) is 0. The molecule has 1 aromatic heterocycles. The fourth-order valence-corrected chi connectivity index (χ4v) is 0.890. The Labute approximate surface area is 92.1 Å². The average Bonchev–Trinajstić information content (AvgIpc) is 2.66. The normalized spacial score (nSPS) is 4.54. The van der Waals surface area contributed by atoms with Gasteiger partial charge in [-0.2, -0.15) is 0 Å². The molecule has 0 saturated carbocycles. The zero-order valence-electron chi connectivity index (χ0n) is 6.77. The van der Waals surface area contributed by atoms with Crippen LogP contribution in [0.15, 0.2) is 17.5 Å². The Morgan fingerprint density at radius 2 is 1.46 bits per heavy atom. The zero-order chi connectivity index (χ0) is 10.4. The molecule has 0 aliphatic rings. The van der Waals surface area contributed by atoms with Crippen LogP contribution in [0.3, 0.4) is 0 Å². The van der Waals surface area contributed by atoms with Gasteiger partial charge < -0.3 is 0 Å². The first kappa shape index (κ1) is 22.9. The maximum atomic E-state index is 7.50. The van der Waals surface area contributed by atoms with Crippen LogP contribution in [0.2, 0.25) is 0 Å². The maximum absolute atomic E-state index is 7.50. The molecule has 0 radical (unpaired) electrons. The van der Waals surface area contributed by atoms with E-state index in [2.05, 4.69) is 44.4 Å². The van der Waals surface area contributed by atoms with Gasteiger partial charge in [-0.3, -0.25) is 0 Å². The molecular formula is C8H6CrO3S. The van der Waals surface area contributed by atoms with Gasteiger partial charge in [0.2, 0.25) is 0 Å². The topological polar surface area (TPSA) is 59.7 Å². The third-order valence-electron chi connectivity index (χ3n) is 0.663. The van der Waals surface area contributed by atoms with E-state index in [0.717, 1.165) is 0 Å². The Kier molecular flexibility index (Phi) is 52.8. The van der Waals surface area contributed by atoms with Crippen molar-refractivity contribution < 1.29 is 31.3 Å². The predicted octanol–water partition coefficient (Wildman–Crippen LogP) is 1.94. The summed E-state index contributed by atoms with van der Waals surface area (Å²) in [4.78, 5) is 1.38. The van der Waals surface area contributed by atoms with Gasteiger partial charge >= 0.3 is 33.9 Å². The van der Waals surface area contributed by atoms with Crippen molar-refractivity contribution in [1.82, 2.24) is 0 Å². The largest absolute Gasteiger partial charge is 0 e. The third-order valence-corrected chi connectivity index (χ3v) is 1.46. The first-order chi connectivity index (χ1) is 5.89. The van der Waals surface area contributed by atoms with Crippen LogP contribution in [0.25, 0.3) is 0 Å². The summed E-state index contributed by atoms with van der Waals surface area (Å²) in [6, 6.07) is 4.16. The van der Waals surface area contributed by atoms with Crippen LogP contribution < -0.4 is 0 Å². The van der Waals surface area contributed by atoms with E-state index in [4.69, 9.17) is 14.0 Å². The van der Waals surface area contributed by atoms with E-state index in [1.54, 1.807) is 11.3 Å². The van der Waals surface area contributed by atoms with Crippen LogP contribution >= 0.6 is 11.3 Å². The molecule has 68 valence electrons. The number of aryl methyl sites for hydroxylation is 1. The molecule has 13 heavy (non-hydrogen) atoms. The van der Waals surface area contributed by atoms with Gasteiger partial charge in [0.15, 0.2) is 0 Å². The fraction of sp³-hybridized carbons (Fsp3) is 0.125. The summed E-state index contributed by atoms with van der Waals surface area (Å²) in [6.45, 7) is 15.6. The second-order valence-electron chi connectivity index (χ2n) is 1.22. The molecule has 0 aromatic carbocycles. The minimum Gasteiger partial charge on any atom is 0 e. The van der Waals surface area contributed by atoms with Crippen molar-refractivity contribution in [2.75, 3.05) is 0 Å². The van der Waals surface area contributed by atoms with Crippen LogP contribution in [0.1, 0.15) is 4.88 Å². The molecule has 0 atom stereocenters. The number of thiophene rings is 1. The summed E-state index contributed by atoms with van der Waals surface area (Å²) in [5, 5.41) is 2.08. The molecule has 1 aromatic rings. The summed E-state index contributed by atoms with van der Waals surface area (Å²) in [6.07, 6.45) is 0. The van der Waals surface area contributed by atoms with E-state index in [-0.39, 0.29) is 17.4 Å². The summed E-state index contributed by atoms with van der Waals surface area (Å²) in [7, 11) is 0. The van der Waals surface area contributed by atoms with E-state index >= 15 is 0 Å². The van der Waals surface area contributed by atoms with Gasteiger partial charge in [0.05, 0.1) is 0 Å². The Balaban J connectivity index is -0.0000000508. The quantitative estimate of drug-likeness (QED) is 0.486. The molecule has 1 heterocycles. The number of hydrogen-bond acceptors (Lipinski definition) is 1. The molecule has 0 aliphatic heterocycles. The molecule has 0 fully saturated rings. The van der Waals surface area contributed by atoms with Crippen LogP contribution in [0.5, 0.6) is 0 Å². The second kappa shape index (κ2) is 30.1. The predicted molar refractivity (Wildman–Crippen MR) is 40.8 cm³/mol. The molecule has 0 spiro atoms. The summed E-state index contributed by atoms with van der Waals surface area (Å²) >= 11 is 1.78. The Morgan fingerprint density at radius 3 is 1.54 bits per heavy atom. The second-order valence-corrected chi connectivity index (χ2v) is 2.38. The van der Waals surface area contributed by atoms with Gasteiger partial charge in [-0.25, -0.2) is 0 Å². The summed E-state index contributed by atoms with van der Waals surface area (Å²) in [5.74, 6) is 0. The van der Waals surface area contributed by atoms with E-state index in [0.29, 0.717) is 0 Å². The molecule has 1 rings (SSSR count). The maximum Gasteiger partial charge on any atom is 0 e. The van der Waals surface area contributed by atoms with Gasteiger partial charge in [-0.1, -0.05) is 6.07 Å². The molecule has 0 bridgehead atoms.